The normalized spacial score (nSPS) is 10.4. The first kappa shape index (κ1) is 18.8. The lowest BCUT2D eigenvalue weighted by molar-refractivity contribution is -0.384. The lowest BCUT2D eigenvalue weighted by Crippen LogP contribution is -2.26. The Kier molecular flexibility index (Phi) is 5.16. The first-order chi connectivity index (χ1) is 13.4. The lowest BCUT2D eigenvalue weighted by Gasteiger charge is -2.12. The molecule has 0 saturated carbocycles. The number of nitrogens with one attached hydrogen (secondary N) is 1. The maximum atomic E-state index is 12.7. The summed E-state index contributed by atoms with van der Waals surface area (Å²) in [5, 5.41) is 17.5. The molecular formula is C19H16N4O5. The maximum absolute atomic E-state index is 12.7. The molecule has 0 aliphatic rings. The minimum absolute atomic E-state index is 0.0224. The number of benzene rings is 2. The highest BCUT2D eigenvalue weighted by Gasteiger charge is 2.19. The third kappa shape index (κ3) is 3.73. The van der Waals surface area contributed by atoms with E-state index in [-0.39, 0.29) is 17.1 Å². The molecule has 2 aromatic carbocycles. The number of aromatic nitrogens is 2. The van der Waals surface area contributed by atoms with Gasteiger partial charge in [-0.25, -0.2) is 0 Å². The number of para-hydroxylation sites is 1. The van der Waals surface area contributed by atoms with E-state index in [1.165, 1.54) is 37.4 Å². The van der Waals surface area contributed by atoms with Crippen LogP contribution >= 0.6 is 0 Å². The standard InChI is InChI=1S/C19H16N4O5/c1-12-5-3-4-6-15(12)22-17(24)11-16(28-2)18(21-22)19(25)20-13-7-9-14(10-8-13)23(26)27/h3-11H,1-2H3,(H,20,25). The van der Waals surface area contributed by atoms with Crippen LogP contribution in [-0.4, -0.2) is 27.7 Å². The van der Waals surface area contributed by atoms with Gasteiger partial charge in [-0.15, -0.1) is 0 Å². The number of carbonyl (C=O) groups is 1. The van der Waals surface area contributed by atoms with Crippen molar-refractivity contribution in [2.45, 2.75) is 6.92 Å². The first-order valence-electron chi connectivity index (χ1n) is 8.21. The van der Waals surface area contributed by atoms with Crippen molar-refractivity contribution in [1.29, 1.82) is 0 Å². The van der Waals surface area contributed by atoms with E-state index in [1.807, 2.05) is 19.1 Å². The Morgan fingerprint density at radius 2 is 1.86 bits per heavy atom. The molecule has 3 aromatic rings. The number of aryl methyl sites for hydroxylation is 1. The molecule has 1 N–H and O–H groups in total. The molecule has 1 heterocycles. The third-order valence-electron chi connectivity index (χ3n) is 4.01. The van der Waals surface area contributed by atoms with Gasteiger partial charge in [0, 0.05) is 17.8 Å². The highest BCUT2D eigenvalue weighted by Crippen LogP contribution is 2.19. The van der Waals surface area contributed by atoms with Crippen LogP contribution in [0.4, 0.5) is 11.4 Å². The second-order valence-corrected chi connectivity index (χ2v) is 5.86. The fourth-order valence-corrected chi connectivity index (χ4v) is 2.58. The number of nitro benzene ring substituents is 1. The van der Waals surface area contributed by atoms with Gasteiger partial charge < -0.3 is 10.1 Å². The predicted molar refractivity (Wildman–Crippen MR) is 102 cm³/mol. The van der Waals surface area contributed by atoms with Gasteiger partial charge in [0.1, 0.15) is 0 Å². The van der Waals surface area contributed by atoms with E-state index < -0.39 is 16.4 Å². The summed E-state index contributed by atoms with van der Waals surface area (Å²) < 4.78 is 6.26. The molecule has 0 aliphatic carbocycles. The molecular weight excluding hydrogens is 364 g/mol. The van der Waals surface area contributed by atoms with Crippen LogP contribution in [0.25, 0.3) is 5.69 Å². The Labute approximate surface area is 159 Å². The summed E-state index contributed by atoms with van der Waals surface area (Å²) in [6.45, 7) is 1.82. The van der Waals surface area contributed by atoms with E-state index in [2.05, 4.69) is 10.4 Å². The van der Waals surface area contributed by atoms with Crippen LogP contribution in [0.1, 0.15) is 16.1 Å². The van der Waals surface area contributed by atoms with Gasteiger partial charge in [-0.2, -0.15) is 9.78 Å². The first-order valence-corrected chi connectivity index (χ1v) is 8.21. The number of rotatable bonds is 5. The van der Waals surface area contributed by atoms with Gasteiger partial charge in [-0.05, 0) is 30.7 Å². The van der Waals surface area contributed by atoms with Gasteiger partial charge in [-0.1, -0.05) is 18.2 Å². The molecule has 1 aromatic heterocycles. The zero-order valence-corrected chi connectivity index (χ0v) is 15.1. The lowest BCUT2D eigenvalue weighted by atomic mass is 10.2. The van der Waals surface area contributed by atoms with Gasteiger partial charge in [-0.3, -0.25) is 19.7 Å². The molecule has 0 aliphatic heterocycles. The van der Waals surface area contributed by atoms with Crippen molar-refractivity contribution in [2.24, 2.45) is 0 Å². The average molecular weight is 380 g/mol. The summed E-state index contributed by atoms with van der Waals surface area (Å²) >= 11 is 0. The third-order valence-corrected chi connectivity index (χ3v) is 4.01. The summed E-state index contributed by atoms with van der Waals surface area (Å²) in [5.74, 6) is -0.595. The number of hydrogen-bond donors (Lipinski definition) is 1. The van der Waals surface area contributed by atoms with Crippen LogP contribution in [-0.2, 0) is 0 Å². The van der Waals surface area contributed by atoms with Crippen LogP contribution in [0, 0.1) is 17.0 Å². The predicted octanol–water partition coefficient (Wildman–Crippen LogP) is 2.71. The fraction of sp³-hybridized carbons (Fsp3) is 0.105. The van der Waals surface area contributed by atoms with Crippen LogP contribution < -0.4 is 15.6 Å². The Hall–Kier alpha value is -4.01. The van der Waals surface area contributed by atoms with Crippen molar-refractivity contribution in [3.8, 4) is 11.4 Å². The Balaban J connectivity index is 1.99. The van der Waals surface area contributed by atoms with Gasteiger partial charge in [0.15, 0.2) is 11.4 Å². The summed E-state index contributed by atoms with van der Waals surface area (Å²) in [5.41, 5.74) is 1.06. The van der Waals surface area contributed by atoms with Crippen LogP contribution in [0.3, 0.4) is 0 Å². The van der Waals surface area contributed by atoms with E-state index in [4.69, 9.17) is 4.74 Å². The summed E-state index contributed by atoms with van der Waals surface area (Å²) in [6.07, 6.45) is 0. The van der Waals surface area contributed by atoms with Gasteiger partial charge in [0.2, 0.25) is 0 Å². The van der Waals surface area contributed by atoms with E-state index in [0.717, 1.165) is 10.2 Å². The van der Waals surface area contributed by atoms with Crippen LogP contribution in [0.15, 0.2) is 59.4 Å². The zero-order chi connectivity index (χ0) is 20.3. The van der Waals surface area contributed by atoms with E-state index in [9.17, 15) is 19.7 Å². The number of nitro groups is 1. The number of methoxy groups -OCH3 is 1. The number of hydrogen-bond acceptors (Lipinski definition) is 6. The molecule has 0 fully saturated rings. The molecule has 0 spiro atoms. The molecule has 0 saturated heterocycles. The van der Waals surface area contributed by atoms with Gasteiger partial charge >= 0.3 is 0 Å². The second kappa shape index (κ2) is 7.70. The summed E-state index contributed by atoms with van der Waals surface area (Å²) in [7, 11) is 1.33. The SMILES string of the molecule is COc1cc(=O)n(-c2ccccc2C)nc1C(=O)Nc1ccc([N+](=O)[O-])cc1. The Morgan fingerprint density at radius 1 is 1.18 bits per heavy atom. The molecule has 0 atom stereocenters. The number of non-ortho nitro benzene ring substituents is 1. The minimum atomic E-state index is -0.618. The Bertz CT molecular complexity index is 1110. The molecule has 1 amide bonds. The average Bonchev–Trinajstić information content (AvgIpc) is 2.68. The quantitative estimate of drug-likeness (QED) is 0.537. The van der Waals surface area contributed by atoms with Crippen molar-refractivity contribution in [3.63, 3.8) is 0 Å². The highest BCUT2D eigenvalue weighted by atomic mass is 16.6. The molecule has 3 rings (SSSR count). The number of nitrogens with zero attached hydrogens (tertiary/aromatic N) is 3. The molecule has 0 radical (unpaired) electrons. The van der Waals surface area contributed by atoms with E-state index in [0.29, 0.717) is 11.4 Å². The van der Waals surface area contributed by atoms with Crippen molar-refractivity contribution in [1.82, 2.24) is 9.78 Å². The smallest absolute Gasteiger partial charge is 0.280 e. The molecule has 0 bridgehead atoms. The monoisotopic (exact) mass is 380 g/mol. The number of carbonyl (C=O) groups excluding carboxylic acids is 1. The summed E-state index contributed by atoms with van der Waals surface area (Å²) in [6, 6.07) is 13.7. The zero-order valence-electron chi connectivity index (χ0n) is 15.1. The second-order valence-electron chi connectivity index (χ2n) is 5.86. The number of ether oxygens (including phenoxy) is 1. The fourth-order valence-electron chi connectivity index (χ4n) is 2.58. The maximum Gasteiger partial charge on any atom is 0.280 e. The molecule has 0 unspecified atom stereocenters. The van der Waals surface area contributed by atoms with E-state index >= 15 is 0 Å². The van der Waals surface area contributed by atoms with Gasteiger partial charge in [0.05, 0.1) is 23.8 Å². The van der Waals surface area contributed by atoms with E-state index in [1.54, 1.807) is 12.1 Å². The van der Waals surface area contributed by atoms with Crippen LogP contribution in [0.2, 0.25) is 0 Å². The van der Waals surface area contributed by atoms with Crippen molar-refractivity contribution >= 4 is 17.3 Å². The van der Waals surface area contributed by atoms with Gasteiger partial charge in [0.25, 0.3) is 17.2 Å². The molecule has 142 valence electrons. The van der Waals surface area contributed by atoms with Crippen molar-refractivity contribution in [3.05, 3.63) is 86.3 Å². The molecule has 9 nitrogen and oxygen atoms in total. The topological polar surface area (TPSA) is 116 Å². The number of amides is 1. The minimum Gasteiger partial charge on any atom is -0.494 e. The summed E-state index contributed by atoms with van der Waals surface area (Å²) in [4.78, 5) is 35.3. The van der Waals surface area contributed by atoms with Crippen molar-refractivity contribution in [2.75, 3.05) is 12.4 Å². The number of anilines is 1. The largest absolute Gasteiger partial charge is 0.494 e. The Morgan fingerprint density at radius 3 is 2.46 bits per heavy atom. The molecule has 9 heteroatoms. The molecule has 28 heavy (non-hydrogen) atoms. The van der Waals surface area contributed by atoms with Crippen LogP contribution in [0.5, 0.6) is 5.75 Å². The highest BCUT2D eigenvalue weighted by molar-refractivity contribution is 6.04. The van der Waals surface area contributed by atoms with Crippen molar-refractivity contribution < 1.29 is 14.5 Å².